The summed E-state index contributed by atoms with van der Waals surface area (Å²) in [5.41, 5.74) is 3.35. The van der Waals surface area contributed by atoms with E-state index in [9.17, 15) is 9.59 Å². The standard InChI is InChI=1S/C31H37N5O3/c1-4-23(2)29(31(38)39-3)36(30(37)26-8-6-5-7-9-26)28-14-16-34(17-15-28)20-27-21-35(22-33-27)19-25-12-10-24(18-32)11-13-25/h5-13,21-23,28-29H,4,14-17,19-20H2,1-3H3/t23?,29-/m0/s1. The lowest BCUT2D eigenvalue weighted by Gasteiger charge is -2.43. The van der Waals surface area contributed by atoms with Gasteiger partial charge in [-0.2, -0.15) is 5.26 Å². The molecule has 1 saturated heterocycles. The fraction of sp³-hybridized carbons (Fsp3) is 0.419. The molecule has 4 rings (SSSR count). The Bertz CT molecular complexity index is 1270. The van der Waals surface area contributed by atoms with E-state index < -0.39 is 6.04 Å². The predicted molar refractivity (Wildman–Crippen MR) is 149 cm³/mol. The number of hydrogen-bond donors (Lipinski definition) is 0. The van der Waals surface area contributed by atoms with Crippen LogP contribution in [0.5, 0.6) is 0 Å². The minimum Gasteiger partial charge on any atom is -0.467 e. The molecule has 1 fully saturated rings. The summed E-state index contributed by atoms with van der Waals surface area (Å²) in [6.07, 6.45) is 6.21. The largest absolute Gasteiger partial charge is 0.467 e. The van der Waals surface area contributed by atoms with Gasteiger partial charge in [-0.15, -0.1) is 0 Å². The molecule has 1 aromatic heterocycles. The van der Waals surface area contributed by atoms with Gasteiger partial charge in [-0.1, -0.05) is 50.6 Å². The molecule has 0 bridgehead atoms. The molecule has 8 nitrogen and oxygen atoms in total. The first-order valence-corrected chi connectivity index (χ1v) is 13.6. The smallest absolute Gasteiger partial charge is 0.328 e. The van der Waals surface area contributed by atoms with Crippen LogP contribution in [0.1, 0.15) is 60.3 Å². The molecule has 2 heterocycles. The molecule has 2 aromatic carbocycles. The highest BCUT2D eigenvalue weighted by Gasteiger charge is 2.40. The van der Waals surface area contributed by atoms with Gasteiger partial charge in [-0.3, -0.25) is 9.69 Å². The highest BCUT2D eigenvalue weighted by atomic mass is 16.5. The summed E-state index contributed by atoms with van der Waals surface area (Å²) >= 11 is 0. The van der Waals surface area contributed by atoms with Gasteiger partial charge < -0.3 is 14.2 Å². The molecule has 0 radical (unpaired) electrons. The van der Waals surface area contributed by atoms with E-state index in [0.717, 1.165) is 50.2 Å². The molecular weight excluding hydrogens is 490 g/mol. The molecule has 204 valence electrons. The monoisotopic (exact) mass is 527 g/mol. The van der Waals surface area contributed by atoms with Crippen molar-refractivity contribution in [1.29, 1.82) is 5.26 Å². The summed E-state index contributed by atoms with van der Waals surface area (Å²) in [6.45, 7) is 7.08. The van der Waals surface area contributed by atoms with Crippen molar-refractivity contribution in [2.24, 2.45) is 5.92 Å². The molecule has 8 heteroatoms. The first kappa shape index (κ1) is 28.1. The molecule has 39 heavy (non-hydrogen) atoms. The summed E-state index contributed by atoms with van der Waals surface area (Å²) < 4.78 is 7.23. The van der Waals surface area contributed by atoms with Crippen LogP contribution < -0.4 is 0 Å². The molecule has 1 aliphatic rings. The molecule has 1 amide bonds. The van der Waals surface area contributed by atoms with Crippen LogP contribution in [0.3, 0.4) is 0 Å². The van der Waals surface area contributed by atoms with Gasteiger partial charge in [-0.25, -0.2) is 9.78 Å². The Morgan fingerprint density at radius 2 is 1.79 bits per heavy atom. The average Bonchev–Trinajstić information content (AvgIpc) is 3.42. The third-order valence-electron chi connectivity index (χ3n) is 7.65. The van der Waals surface area contributed by atoms with Crippen molar-refractivity contribution in [1.82, 2.24) is 19.4 Å². The number of imidazole rings is 1. The van der Waals surface area contributed by atoms with Crippen LogP contribution in [0, 0.1) is 17.2 Å². The van der Waals surface area contributed by atoms with Gasteiger partial charge in [0.1, 0.15) is 6.04 Å². The zero-order valence-electron chi connectivity index (χ0n) is 23.0. The van der Waals surface area contributed by atoms with Crippen molar-refractivity contribution in [2.45, 2.75) is 58.3 Å². The summed E-state index contributed by atoms with van der Waals surface area (Å²) in [5.74, 6) is -0.502. The van der Waals surface area contributed by atoms with E-state index in [-0.39, 0.29) is 23.8 Å². The van der Waals surface area contributed by atoms with Crippen LogP contribution in [0.25, 0.3) is 0 Å². The quantitative estimate of drug-likeness (QED) is 0.361. The fourth-order valence-electron chi connectivity index (χ4n) is 5.27. The lowest BCUT2D eigenvalue weighted by molar-refractivity contribution is -0.149. The van der Waals surface area contributed by atoms with E-state index in [1.54, 1.807) is 4.90 Å². The van der Waals surface area contributed by atoms with Crippen molar-refractivity contribution in [3.63, 3.8) is 0 Å². The number of likely N-dealkylation sites (tertiary alicyclic amines) is 1. The summed E-state index contributed by atoms with van der Waals surface area (Å²) in [6, 6.07) is 18.3. The molecule has 2 atom stereocenters. The van der Waals surface area contributed by atoms with Gasteiger partial charge in [0, 0.05) is 44.0 Å². The third kappa shape index (κ3) is 6.92. The molecule has 0 spiro atoms. The average molecular weight is 528 g/mol. The van der Waals surface area contributed by atoms with Crippen molar-refractivity contribution in [2.75, 3.05) is 20.2 Å². The van der Waals surface area contributed by atoms with Gasteiger partial charge in [-0.05, 0) is 48.6 Å². The predicted octanol–water partition coefficient (Wildman–Crippen LogP) is 4.50. The van der Waals surface area contributed by atoms with Gasteiger partial charge in [0.05, 0.1) is 30.8 Å². The minimum absolute atomic E-state index is 0.0248. The number of aromatic nitrogens is 2. The minimum atomic E-state index is -0.623. The number of amides is 1. The number of methoxy groups -OCH3 is 1. The zero-order valence-corrected chi connectivity index (χ0v) is 23.0. The van der Waals surface area contributed by atoms with Crippen molar-refractivity contribution in [3.8, 4) is 6.07 Å². The van der Waals surface area contributed by atoms with Gasteiger partial charge in [0.25, 0.3) is 5.91 Å². The summed E-state index contributed by atoms with van der Waals surface area (Å²) in [5, 5.41) is 8.99. The number of nitriles is 1. The maximum absolute atomic E-state index is 13.8. The molecule has 3 aromatic rings. The highest BCUT2D eigenvalue weighted by molar-refractivity contribution is 5.97. The van der Waals surface area contributed by atoms with E-state index in [0.29, 0.717) is 17.7 Å². The lowest BCUT2D eigenvalue weighted by atomic mass is 9.92. The second-order valence-electron chi connectivity index (χ2n) is 10.3. The Morgan fingerprint density at radius 1 is 1.10 bits per heavy atom. The maximum atomic E-state index is 13.8. The topological polar surface area (TPSA) is 91.5 Å². The summed E-state index contributed by atoms with van der Waals surface area (Å²) in [7, 11) is 1.39. The van der Waals surface area contributed by atoms with Gasteiger partial charge in [0.2, 0.25) is 0 Å². The highest BCUT2D eigenvalue weighted by Crippen LogP contribution is 2.27. The molecule has 1 unspecified atom stereocenters. The number of carbonyl (C=O) groups excluding carboxylic acids is 2. The van der Waals surface area contributed by atoms with Crippen LogP contribution in [0.4, 0.5) is 0 Å². The van der Waals surface area contributed by atoms with Crippen LogP contribution in [0.2, 0.25) is 0 Å². The number of ether oxygens (including phenoxy) is 1. The van der Waals surface area contributed by atoms with Crippen LogP contribution in [-0.2, 0) is 22.6 Å². The van der Waals surface area contributed by atoms with Crippen molar-refractivity contribution >= 4 is 11.9 Å². The van der Waals surface area contributed by atoms with Gasteiger partial charge in [0.15, 0.2) is 0 Å². The van der Waals surface area contributed by atoms with E-state index in [1.165, 1.54) is 7.11 Å². The molecule has 1 aliphatic heterocycles. The number of esters is 1. The Balaban J connectivity index is 1.43. The Kier molecular flexibility index (Phi) is 9.50. The molecule has 0 N–H and O–H groups in total. The second kappa shape index (κ2) is 13.2. The normalized spacial score (nSPS) is 15.7. The first-order valence-electron chi connectivity index (χ1n) is 13.6. The Hall–Kier alpha value is -3.96. The molecule has 0 aliphatic carbocycles. The number of hydrogen-bond acceptors (Lipinski definition) is 6. The number of piperidine rings is 1. The zero-order chi connectivity index (χ0) is 27.8. The number of rotatable bonds is 10. The van der Waals surface area contributed by atoms with E-state index in [1.807, 2.05) is 74.8 Å². The van der Waals surface area contributed by atoms with Crippen LogP contribution in [0.15, 0.2) is 67.1 Å². The van der Waals surface area contributed by atoms with Crippen LogP contribution >= 0.6 is 0 Å². The van der Waals surface area contributed by atoms with E-state index in [2.05, 4.69) is 26.7 Å². The molecule has 0 saturated carbocycles. The maximum Gasteiger partial charge on any atom is 0.328 e. The van der Waals surface area contributed by atoms with Crippen LogP contribution in [-0.4, -0.2) is 63.5 Å². The van der Waals surface area contributed by atoms with Crippen molar-refractivity contribution < 1.29 is 14.3 Å². The summed E-state index contributed by atoms with van der Waals surface area (Å²) in [4.78, 5) is 35.5. The third-order valence-corrected chi connectivity index (χ3v) is 7.65. The Labute approximate surface area is 230 Å². The molecular formula is C31H37N5O3. The lowest BCUT2D eigenvalue weighted by Crippen LogP contribution is -2.56. The second-order valence-corrected chi connectivity index (χ2v) is 10.3. The number of nitrogens with zero attached hydrogens (tertiary/aromatic N) is 5. The number of carbonyl (C=O) groups is 2. The fourth-order valence-corrected chi connectivity index (χ4v) is 5.27. The first-order chi connectivity index (χ1) is 18.9. The van der Waals surface area contributed by atoms with Gasteiger partial charge >= 0.3 is 5.97 Å². The van der Waals surface area contributed by atoms with Crippen molar-refractivity contribution in [3.05, 3.63) is 89.5 Å². The number of benzene rings is 2. The van der Waals surface area contributed by atoms with E-state index >= 15 is 0 Å². The SMILES string of the molecule is CCC(C)[C@@H](C(=O)OC)N(C(=O)c1ccccc1)C1CCN(Cc2cn(Cc3ccc(C#N)cc3)cn2)CC1. The Morgan fingerprint density at radius 3 is 2.41 bits per heavy atom. The van der Waals surface area contributed by atoms with E-state index in [4.69, 9.17) is 10.00 Å².